The van der Waals surface area contributed by atoms with Crippen LogP contribution in [-0.2, 0) is 9.84 Å². The fourth-order valence-electron chi connectivity index (χ4n) is 2.57. The highest BCUT2D eigenvalue weighted by Crippen LogP contribution is 2.38. The lowest BCUT2D eigenvalue weighted by molar-refractivity contribution is -0.0496. The largest absolute Gasteiger partial charge is 0.314 e. The van der Waals surface area contributed by atoms with Gasteiger partial charge in [-0.15, -0.1) is 0 Å². The van der Waals surface area contributed by atoms with Gasteiger partial charge in [-0.3, -0.25) is 0 Å². The van der Waals surface area contributed by atoms with Crippen molar-refractivity contribution in [1.29, 1.82) is 0 Å². The van der Waals surface area contributed by atoms with Gasteiger partial charge in [0.25, 0.3) is 0 Å². The Labute approximate surface area is 108 Å². The molecule has 0 spiro atoms. The Hall–Kier alpha value is -0.230. The zero-order valence-corrected chi connectivity index (χ0v) is 11.9. The maximum absolute atomic E-state index is 13.1. The lowest BCUT2D eigenvalue weighted by Crippen LogP contribution is -2.41. The molecule has 1 unspecified atom stereocenters. The van der Waals surface area contributed by atoms with E-state index in [-0.39, 0.29) is 30.6 Å². The molecular formula is C12H23F2NO2S. The molecule has 0 aliphatic heterocycles. The average Bonchev–Trinajstić information content (AvgIpc) is 2.23. The van der Waals surface area contributed by atoms with E-state index in [0.29, 0.717) is 19.3 Å². The van der Waals surface area contributed by atoms with Gasteiger partial charge in [-0.2, -0.15) is 0 Å². The summed E-state index contributed by atoms with van der Waals surface area (Å²) in [7, 11) is -2.99. The minimum Gasteiger partial charge on any atom is -0.314 e. The summed E-state index contributed by atoms with van der Waals surface area (Å²) in [6, 6.07) is 0.0424. The Bertz CT molecular complexity index is 347. The standard InChI is InChI=1S/C12H23F2NO2S/c1-3-15-11(6-9-18(2,16)17)10-4-7-12(13,14)8-5-10/h10-11,15H,3-9H2,1-2H3. The second kappa shape index (κ2) is 6.28. The van der Waals surface area contributed by atoms with E-state index < -0.39 is 15.8 Å². The molecule has 108 valence electrons. The first-order chi connectivity index (χ1) is 8.23. The molecule has 1 atom stereocenters. The van der Waals surface area contributed by atoms with E-state index in [1.807, 2.05) is 6.92 Å². The molecule has 1 aliphatic carbocycles. The zero-order valence-electron chi connectivity index (χ0n) is 11.1. The summed E-state index contributed by atoms with van der Waals surface area (Å²) in [5.74, 6) is -2.23. The third-order valence-corrected chi connectivity index (χ3v) is 4.57. The highest BCUT2D eigenvalue weighted by molar-refractivity contribution is 7.90. The van der Waals surface area contributed by atoms with Crippen LogP contribution in [-0.4, -0.2) is 38.9 Å². The van der Waals surface area contributed by atoms with Crippen LogP contribution in [0.25, 0.3) is 0 Å². The van der Waals surface area contributed by atoms with Crippen LogP contribution >= 0.6 is 0 Å². The van der Waals surface area contributed by atoms with E-state index in [1.165, 1.54) is 6.26 Å². The second-order valence-electron chi connectivity index (χ2n) is 5.28. The van der Waals surface area contributed by atoms with Crippen molar-refractivity contribution in [3.8, 4) is 0 Å². The highest BCUT2D eigenvalue weighted by atomic mass is 32.2. The van der Waals surface area contributed by atoms with Gasteiger partial charge < -0.3 is 5.32 Å². The molecule has 1 fully saturated rings. The monoisotopic (exact) mass is 283 g/mol. The first-order valence-electron chi connectivity index (χ1n) is 6.52. The first kappa shape index (κ1) is 15.8. The van der Waals surface area contributed by atoms with Crippen LogP contribution in [0.4, 0.5) is 8.78 Å². The number of alkyl halides is 2. The number of rotatable bonds is 6. The molecule has 1 N–H and O–H groups in total. The van der Waals surface area contributed by atoms with Gasteiger partial charge in [0.2, 0.25) is 5.92 Å². The molecule has 18 heavy (non-hydrogen) atoms. The summed E-state index contributed by atoms with van der Waals surface area (Å²) in [6.07, 6.45) is 2.55. The normalized spacial score (nSPS) is 22.9. The molecule has 0 radical (unpaired) electrons. The molecule has 0 bridgehead atoms. The molecule has 1 saturated carbocycles. The van der Waals surface area contributed by atoms with E-state index in [1.54, 1.807) is 0 Å². The third-order valence-electron chi connectivity index (χ3n) is 3.60. The van der Waals surface area contributed by atoms with Gasteiger partial charge in [-0.1, -0.05) is 6.92 Å². The molecule has 3 nitrogen and oxygen atoms in total. The van der Waals surface area contributed by atoms with Crippen molar-refractivity contribution in [3.05, 3.63) is 0 Å². The van der Waals surface area contributed by atoms with Gasteiger partial charge in [0.05, 0.1) is 5.75 Å². The molecule has 0 aromatic rings. The van der Waals surface area contributed by atoms with Gasteiger partial charge in [0.15, 0.2) is 0 Å². The smallest absolute Gasteiger partial charge is 0.248 e. The molecule has 1 rings (SSSR count). The molecule has 0 aromatic carbocycles. The predicted octanol–water partition coefficient (Wildman–Crippen LogP) is 2.22. The van der Waals surface area contributed by atoms with Gasteiger partial charge >= 0.3 is 0 Å². The van der Waals surface area contributed by atoms with Crippen molar-refractivity contribution < 1.29 is 17.2 Å². The van der Waals surface area contributed by atoms with Gasteiger partial charge in [-0.05, 0) is 31.7 Å². The van der Waals surface area contributed by atoms with Crippen molar-refractivity contribution in [2.45, 2.75) is 51.0 Å². The maximum Gasteiger partial charge on any atom is 0.248 e. The summed E-state index contributed by atoms with van der Waals surface area (Å²) < 4.78 is 48.5. The van der Waals surface area contributed by atoms with Crippen LogP contribution in [0, 0.1) is 5.92 Å². The first-order valence-corrected chi connectivity index (χ1v) is 8.58. The lowest BCUT2D eigenvalue weighted by Gasteiger charge is -2.34. The number of hydrogen-bond donors (Lipinski definition) is 1. The molecule has 0 saturated heterocycles. The third kappa shape index (κ3) is 5.61. The van der Waals surface area contributed by atoms with E-state index in [4.69, 9.17) is 0 Å². The van der Waals surface area contributed by atoms with Crippen LogP contribution in [0.3, 0.4) is 0 Å². The van der Waals surface area contributed by atoms with Crippen LogP contribution in [0.2, 0.25) is 0 Å². The highest BCUT2D eigenvalue weighted by Gasteiger charge is 2.37. The van der Waals surface area contributed by atoms with Crippen molar-refractivity contribution in [1.82, 2.24) is 5.32 Å². The second-order valence-corrected chi connectivity index (χ2v) is 7.54. The fourth-order valence-corrected chi connectivity index (χ4v) is 3.25. The SMILES string of the molecule is CCNC(CCS(C)(=O)=O)C1CCC(F)(F)CC1. The molecule has 6 heteroatoms. The summed E-state index contributed by atoms with van der Waals surface area (Å²) in [6.45, 7) is 2.69. The Balaban J connectivity index is 2.52. The molecule has 0 heterocycles. The van der Waals surface area contributed by atoms with Crippen molar-refractivity contribution in [2.75, 3.05) is 18.6 Å². The number of sulfone groups is 1. The molecule has 0 amide bonds. The number of hydrogen-bond acceptors (Lipinski definition) is 3. The van der Waals surface area contributed by atoms with E-state index in [9.17, 15) is 17.2 Å². The summed E-state index contributed by atoms with van der Waals surface area (Å²) in [5.41, 5.74) is 0. The number of nitrogens with one attached hydrogen (secondary N) is 1. The van der Waals surface area contributed by atoms with Gasteiger partial charge in [0, 0.05) is 25.1 Å². The van der Waals surface area contributed by atoms with Crippen LogP contribution in [0.5, 0.6) is 0 Å². The van der Waals surface area contributed by atoms with Crippen LogP contribution in [0.15, 0.2) is 0 Å². The Morgan fingerprint density at radius 1 is 1.33 bits per heavy atom. The Morgan fingerprint density at radius 3 is 2.33 bits per heavy atom. The Kier molecular flexibility index (Phi) is 5.52. The van der Waals surface area contributed by atoms with Gasteiger partial charge in [0.1, 0.15) is 9.84 Å². The Morgan fingerprint density at radius 2 is 1.89 bits per heavy atom. The van der Waals surface area contributed by atoms with E-state index in [2.05, 4.69) is 5.32 Å². The average molecular weight is 283 g/mol. The molecular weight excluding hydrogens is 260 g/mol. The molecule has 0 aromatic heterocycles. The van der Waals surface area contributed by atoms with Gasteiger partial charge in [-0.25, -0.2) is 17.2 Å². The lowest BCUT2D eigenvalue weighted by atomic mass is 9.81. The van der Waals surface area contributed by atoms with Crippen LogP contribution in [0.1, 0.15) is 39.0 Å². The zero-order chi connectivity index (χ0) is 13.8. The minimum atomic E-state index is -2.99. The maximum atomic E-state index is 13.1. The summed E-state index contributed by atoms with van der Waals surface area (Å²) in [5, 5.41) is 3.24. The number of halogens is 2. The molecule has 1 aliphatic rings. The van der Waals surface area contributed by atoms with Crippen molar-refractivity contribution in [2.24, 2.45) is 5.92 Å². The van der Waals surface area contributed by atoms with E-state index in [0.717, 1.165) is 6.54 Å². The quantitative estimate of drug-likeness (QED) is 0.813. The summed E-state index contributed by atoms with van der Waals surface area (Å²) >= 11 is 0. The topological polar surface area (TPSA) is 46.2 Å². The predicted molar refractivity (Wildman–Crippen MR) is 68.7 cm³/mol. The summed E-state index contributed by atoms with van der Waals surface area (Å²) in [4.78, 5) is 0. The fraction of sp³-hybridized carbons (Fsp3) is 1.00. The van der Waals surface area contributed by atoms with Crippen molar-refractivity contribution in [3.63, 3.8) is 0 Å². The van der Waals surface area contributed by atoms with E-state index >= 15 is 0 Å². The minimum absolute atomic E-state index is 0.0424. The van der Waals surface area contributed by atoms with Crippen LogP contribution < -0.4 is 5.32 Å². The van der Waals surface area contributed by atoms with Crippen molar-refractivity contribution >= 4 is 9.84 Å².